The maximum absolute atomic E-state index is 9.84. The Morgan fingerprint density at radius 1 is 0.536 bits per heavy atom. The van der Waals surface area contributed by atoms with Crippen LogP contribution in [-0.2, 0) is 43.7 Å². The summed E-state index contributed by atoms with van der Waals surface area (Å²) < 4.78 is 95.0. The molecule has 1 atom stereocenters. The molecule has 176 valence electrons. The predicted octanol–water partition coefficient (Wildman–Crippen LogP) is 1.88. The van der Waals surface area contributed by atoms with E-state index in [1.165, 1.54) is 0 Å². The Hall–Kier alpha value is 0.0400. The first-order chi connectivity index (χ1) is 12.2. The molecule has 0 aromatic rings. The van der Waals surface area contributed by atoms with E-state index in [2.05, 4.69) is 12.5 Å². The number of rotatable bonds is 12. The molecule has 0 heterocycles. The largest absolute Gasteiger partial charge is 0.397 e. The average Bonchev–Trinajstić information content (AvgIpc) is 2.46. The highest BCUT2D eigenvalue weighted by Crippen LogP contribution is 1.92. The third-order valence-corrected chi connectivity index (χ3v) is 3.58. The Kier molecular flexibility index (Phi) is 25.7. The Labute approximate surface area is 171 Å². The normalized spacial score (nSPS) is 11.4. The second-order valence-corrected chi connectivity index (χ2v) is 8.08. The topological polar surface area (TPSA) is 191 Å². The summed E-state index contributed by atoms with van der Waals surface area (Å²) in [7, 11) is -12.6. The van der Waals surface area contributed by atoms with Crippen LogP contribution in [0.15, 0.2) is 0 Å². The van der Waals surface area contributed by atoms with Crippen molar-refractivity contribution in [3.05, 3.63) is 0 Å². The van der Waals surface area contributed by atoms with Crippen molar-refractivity contribution in [3.8, 4) is 0 Å². The van der Waals surface area contributed by atoms with Gasteiger partial charge < -0.3 is 0 Å². The molecule has 12 nitrogen and oxygen atoms in total. The van der Waals surface area contributed by atoms with Gasteiger partial charge in [-0.05, 0) is 19.3 Å². The van der Waals surface area contributed by atoms with Gasteiger partial charge in [-0.25, -0.2) is 12.5 Å². The third kappa shape index (κ3) is 50.2. The van der Waals surface area contributed by atoms with E-state index >= 15 is 0 Å². The van der Waals surface area contributed by atoms with E-state index in [0.717, 1.165) is 19.3 Å². The average molecular weight is 497 g/mol. The van der Waals surface area contributed by atoms with Gasteiger partial charge in [0.05, 0.1) is 19.8 Å². The molecule has 3 N–H and O–H groups in total. The summed E-state index contributed by atoms with van der Waals surface area (Å²) in [4.78, 5) is 0. The fourth-order valence-electron chi connectivity index (χ4n) is 0.926. The van der Waals surface area contributed by atoms with E-state index in [-0.39, 0.29) is 29.7 Å². The van der Waals surface area contributed by atoms with E-state index in [0.29, 0.717) is 19.3 Å². The van der Waals surface area contributed by atoms with Gasteiger partial charge in [0.2, 0.25) is 0 Å². The van der Waals surface area contributed by atoms with Crippen LogP contribution in [0, 0.1) is 0 Å². The van der Waals surface area contributed by atoms with Gasteiger partial charge >= 0.3 is 31.2 Å². The fraction of sp³-hybridized carbons (Fsp3) is 1.00. The molecule has 0 bridgehead atoms. The summed E-state index contributed by atoms with van der Waals surface area (Å²) in [6.45, 7) is 5.88. The second kappa shape index (κ2) is 20.3. The summed E-state index contributed by atoms with van der Waals surface area (Å²) in [6, 6.07) is 0. The first kappa shape index (κ1) is 35.5. The zero-order valence-electron chi connectivity index (χ0n) is 16.3. The lowest BCUT2D eigenvalue weighted by Gasteiger charge is -1.95. The molecule has 0 saturated carbocycles. The Morgan fingerprint density at radius 2 is 0.714 bits per heavy atom. The number of unbranched alkanes of at least 4 members (excludes halogenated alkanes) is 3. The van der Waals surface area contributed by atoms with Gasteiger partial charge in [0.25, 0.3) is 0 Å². The summed E-state index contributed by atoms with van der Waals surface area (Å²) in [5.41, 5.74) is 0. The lowest BCUT2D eigenvalue weighted by atomic mass is 10.4. The first-order valence-corrected chi connectivity index (χ1v) is 12.1. The molecular weight excluding hydrogens is 463 g/mol. The van der Waals surface area contributed by atoms with E-state index in [4.69, 9.17) is 13.7 Å². The van der Waals surface area contributed by atoms with Gasteiger partial charge in [-0.15, -0.1) is 0 Å². The van der Waals surface area contributed by atoms with Crippen molar-refractivity contribution < 1.29 is 51.5 Å². The van der Waals surface area contributed by atoms with E-state index < -0.39 is 31.2 Å². The van der Waals surface area contributed by atoms with Gasteiger partial charge in [-0.1, -0.05) is 40.0 Å². The number of hydrogen-bond acceptors (Lipinski definition) is 9. The molecule has 0 aliphatic heterocycles. The van der Waals surface area contributed by atoms with Crippen LogP contribution >= 0.6 is 9.90 Å². The van der Waals surface area contributed by atoms with Crippen LogP contribution in [-0.4, -0.2) is 58.7 Å². The minimum atomic E-state index is -4.20. The lowest BCUT2D eigenvalue weighted by molar-refractivity contribution is 0.263. The minimum absolute atomic E-state index is 0. The molecule has 0 aromatic heterocycles. The summed E-state index contributed by atoms with van der Waals surface area (Å²) in [5.74, 6) is 0. The quantitative estimate of drug-likeness (QED) is 0.202. The maximum Gasteiger partial charge on any atom is 0.397 e. The zero-order valence-corrected chi connectivity index (χ0v) is 20.2. The molecular formula is C12H33O12PS3. The Balaban J connectivity index is -0.000000152. The van der Waals surface area contributed by atoms with Crippen molar-refractivity contribution in [2.75, 3.05) is 19.8 Å². The fourth-order valence-corrected chi connectivity index (χ4v) is 1.91. The van der Waals surface area contributed by atoms with Crippen molar-refractivity contribution in [2.24, 2.45) is 0 Å². The summed E-state index contributed by atoms with van der Waals surface area (Å²) >= 11 is 0. The van der Waals surface area contributed by atoms with Gasteiger partial charge in [0.1, 0.15) is 0 Å². The monoisotopic (exact) mass is 496 g/mol. The van der Waals surface area contributed by atoms with Crippen LogP contribution in [0.5, 0.6) is 0 Å². The maximum atomic E-state index is 9.84. The molecule has 0 aliphatic rings. The molecule has 0 fully saturated rings. The van der Waals surface area contributed by atoms with E-state index in [9.17, 15) is 25.3 Å². The Morgan fingerprint density at radius 3 is 0.821 bits per heavy atom. The van der Waals surface area contributed by atoms with Gasteiger partial charge in [-0.3, -0.25) is 13.7 Å². The molecule has 1 unspecified atom stereocenters. The molecule has 0 aromatic carbocycles. The SMILES string of the molecule is CCCCOS(=O)(=O)O.CCCCOS(=O)(=O)O.CCCCOS(=O)(=O)O.P. The van der Waals surface area contributed by atoms with Crippen LogP contribution in [0.2, 0.25) is 0 Å². The summed E-state index contributed by atoms with van der Waals surface area (Å²) in [5, 5.41) is 0. The second-order valence-electron chi connectivity index (χ2n) is 4.81. The standard InChI is InChI=1S/3C4H10O4S.H3P/c3*1-2-3-4-8-9(5,6)7;/h3*2-4H2,1H3,(H,5,6,7);1H3. The number of hydrogen-bond donors (Lipinski definition) is 3. The molecule has 16 heteroatoms. The minimum Gasteiger partial charge on any atom is -0.264 e. The van der Waals surface area contributed by atoms with Gasteiger partial charge in [0, 0.05) is 0 Å². The van der Waals surface area contributed by atoms with Crippen LogP contribution in [0.3, 0.4) is 0 Å². The van der Waals surface area contributed by atoms with Crippen molar-refractivity contribution in [1.82, 2.24) is 0 Å². The molecule has 28 heavy (non-hydrogen) atoms. The third-order valence-electron chi connectivity index (χ3n) is 2.19. The molecule has 0 aliphatic carbocycles. The highest BCUT2D eigenvalue weighted by Gasteiger charge is 2.02. The molecule has 0 radical (unpaired) electrons. The van der Waals surface area contributed by atoms with Crippen LogP contribution < -0.4 is 0 Å². The zero-order chi connectivity index (χ0) is 22.0. The predicted molar refractivity (Wildman–Crippen MR) is 108 cm³/mol. The van der Waals surface area contributed by atoms with Crippen LogP contribution in [0.25, 0.3) is 0 Å². The molecule has 0 saturated heterocycles. The van der Waals surface area contributed by atoms with Crippen molar-refractivity contribution in [2.45, 2.75) is 59.3 Å². The van der Waals surface area contributed by atoms with Crippen LogP contribution in [0.1, 0.15) is 59.3 Å². The smallest absolute Gasteiger partial charge is 0.264 e. The van der Waals surface area contributed by atoms with Crippen molar-refractivity contribution in [1.29, 1.82) is 0 Å². The van der Waals surface area contributed by atoms with E-state index in [1.54, 1.807) is 0 Å². The van der Waals surface area contributed by atoms with Gasteiger partial charge in [0.15, 0.2) is 0 Å². The van der Waals surface area contributed by atoms with Crippen LogP contribution in [0.4, 0.5) is 0 Å². The van der Waals surface area contributed by atoms with E-state index in [1.807, 2.05) is 20.8 Å². The molecule has 0 rings (SSSR count). The van der Waals surface area contributed by atoms with Crippen molar-refractivity contribution >= 4 is 41.1 Å². The lowest BCUT2D eigenvalue weighted by Crippen LogP contribution is -2.04. The van der Waals surface area contributed by atoms with Crippen molar-refractivity contribution in [3.63, 3.8) is 0 Å². The van der Waals surface area contributed by atoms with Gasteiger partial charge in [-0.2, -0.15) is 35.2 Å². The first-order valence-electron chi connectivity index (χ1n) is 8.04. The molecule has 0 amide bonds. The molecule has 0 spiro atoms. The summed E-state index contributed by atoms with van der Waals surface area (Å²) in [6.07, 6.45) is 4.44. The highest BCUT2D eigenvalue weighted by atomic mass is 32.3. The Bertz CT molecular complexity index is 540. The highest BCUT2D eigenvalue weighted by molar-refractivity contribution is 7.81.